The molecule has 1 heterocycles. The largest absolute Gasteiger partial charge is 0.354 e. The maximum Gasteiger partial charge on any atom is 0.346 e. The minimum absolute atomic E-state index is 0.0250. The Bertz CT molecular complexity index is 1040. The van der Waals surface area contributed by atoms with E-state index in [9.17, 15) is 14.0 Å². The Kier molecular flexibility index (Phi) is 5.06. The van der Waals surface area contributed by atoms with Gasteiger partial charge >= 0.3 is 5.69 Å². The highest BCUT2D eigenvalue weighted by Crippen LogP contribution is 2.36. The van der Waals surface area contributed by atoms with Gasteiger partial charge in [-0.2, -0.15) is 0 Å². The van der Waals surface area contributed by atoms with Crippen molar-refractivity contribution in [2.45, 2.75) is 31.8 Å². The molecule has 0 unspecified atom stereocenters. The molecule has 0 atom stereocenters. The van der Waals surface area contributed by atoms with E-state index in [-0.39, 0.29) is 35.6 Å². The predicted octanol–water partition coefficient (Wildman–Crippen LogP) is 2.54. The Labute approximate surface area is 161 Å². The van der Waals surface area contributed by atoms with Crippen LogP contribution in [-0.4, -0.2) is 26.8 Å². The van der Waals surface area contributed by atoms with E-state index in [1.165, 1.54) is 10.6 Å². The molecule has 0 spiro atoms. The number of aromatic nitrogens is 3. The van der Waals surface area contributed by atoms with E-state index >= 15 is 0 Å². The molecule has 1 aliphatic carbocycles. The monoisotopic (exact) mass is 380 g/mol. The van der Waals surface area contributed by atoms with E-state index in [0.717, 1.165) is 23.1 Å². The number of halogens is 1. The van der Waals surface area contributed by atoms with Gasteiger partial charge in [0.15, 0.2) is 5.82 Å². The van der Waals surface area contributed by atoms with Crippen molar-refractivity contribution in [3.05, 3.63) is 76.5 Å². The van der Waals surface area contributed by atoms with Crippen LogP contribution in [0.4, 0.5) is 4.39 Å². The Hall–Kier alpha value is -3.22. The van der Waals surface area contributed by atoms with Crippen LogP contribution in [0.1, 0.15) is 24.4 Å². The first kappa shape index (κ1) is 18.2. The molecular formula is C21H21FN4O2. The van der Waals surface area contributed by atoms with Crippen LogP contribution in [0.25, 0.3) is 11.4 Å². The molecule has 144 valence electrons. The molecule has 0 aliphatic heterocycles. The van der Waals surface area contributed by atoms with Crippen LogP contribution < -0.4 is 11.0 Å². The summed E-state index contributed by atoms with van der Waals surface area (Å²) in [5.74, 6) is -0.449. The first-order valence-corrected chi connectivity index (χ1v) is 9.38. The van der Waals surface area contributed by atoms with Gasteiger partial charge in [0, 0.05) is 12.6 Å². The summed E-state index contributed by atoms with van der Waals surface area (Å²) in [6.07, 6.45) is 2.42. The van der Waals surface area contributed by atoms with E-state index in [1.807, 2.05) is 30.3 Å². The summed E-state index contributed by atoms with van der Waals surface area (Å²) in [6, 6.07) is 16.1. The van der Waals surface area contributed by atoms with Crippen molar-refractivity contribution in [3.8, 4) is 11.4 Å². The van der Waals surface area contributed by atoms with Gasteiger partial charge in [-0.25, -0.2) is 13.9 Å². The number of amides is 1. The van der Waals surface area contributed by atoms with Crippen LogP contribution in [0.5, 0.6) is 0 Å². The second-order valence-electron chi connectivity index (χ2n) is 6.93. The highest BCUT2D eigenvalue weighted by atomic mass is 19.1. The van der Waals surface area contributed by atoms with E-state index < -0.39 is 5.82 Å². The molecule has 1 amide bonds. The number of benzene rings is 2. The van der Waals surface area contributed by atoms with Crippen molar-refractivity contribution >= 4 is 5.91 Å². The number of rotatable bonds is 7. The van der Waals surface area contributed by atoms with Crippen LogP contribution >= 0.6 is 0 Å². The number of carbonyl (C=O) groups excluding carboxylic acids is 1. The zero-order chi connectivity index (χ0) is 19.5. The van der Waals surface area contributed by atoms with Crippen molar-refractivity contribution in [2.75, 3.05) is 6.54 Å². The summed E-state index contributed by atoms with van der Waals surface area (Å²) in [5.41, 5.74) is 1.02. The highest BCUT2D eigenvalue weighted by Gasteiger charge is 2.31. The SMILES string of the molecule is O=C(Cn1nc(-c2ccccc2F)n(C2CC2)c1=O)NCCc1ccccc1. The number of carbonyl (C=O) groups is 1. The lowest BCUT2D eigenvalue weighted by molar-refractivity contribution is -0.121. The Morgan fingerprint density at radius 2 is 1.82 bits per heavy atom. The summed E-state index contributed by atoms with van der Waals surface area (Å²) in [6.45, 7) is 0.288. The van der Waals surface area contributed by atoms with E-state index in [1.54, 1.807) is 18.2 Å². The normalized spacial score (nSPS) is 13.5. The fourth-order valence-electron chi connectivity index (χ4n) is 3.19. The smallest absolute Gasteiger partial charge is 0.346 e. The molecule has 28 heavy (non-hydrogen) atoms. The summed E-state index contributed by atoms with van der Waals surface area (Å²) in [7, 11) is 0. The third-order valence-electron chi connectivity index (χ3n) is 4.77. The molecule has 0 saturated heterocycles. The average molecular weight is 380 g/mol. The van der Waals surface area contributed by atoms with Crippen LogP contribution in [0.3, 0.4) is 0 Å². The van der Waals surface area contributed by atoms with Gasteiger partial charge < -0.3 is 5.32 Å². The summed E-state index contributed by atoms with van der Waals surface area (Å²) >= 11 is 0. The Morgan fingerprint density at radius 3 is 2.54 bits per heavy atom. The third kappa shape index (κ3) is 3.88. The molecule has 1 fully saturated rings. The van der Waals surface area contributed by atoms with Crippen molar-refractivity contribution < 1.29 is 9.18 Å². The van der Waals surface area contributed by atoms with Crippen molar-refractivity contribution in [2.24, 2.45) is 0 Å². The fraction of sp³-hybridized carbons (Fsp3) is 0.286. The molecule has 7 heteroatoms. The van der Waals surface area contributed by atoms with Crippen LogP contribution in [0, 0.1) is 5.82 Å². The zero-order valence-electron chi connectivity index (χ0n) is 15.3. The first-order chi connectivity index (χ1) is 13.6. The highest BCUT2D eigenvalue weighted by molar-refractivity contribution is 5.75. The van der Waals surface area contributed by atoms with Gasteiger partial charge in [-0.3, -0.25) is 9.36 Å². The van der Waals surface area contributed by atoms with Gasteiger partial charge in [0.05, 0.1) is 5.56 Å². The molecule has 1 aliphatic rings. The number of nitrogens with one attached hydrogen (secondary N) is 1. The lowest BCUT2D eigenvalue weighted by atomic mass is 10.1. The summed E-state index contributed by atoms with van der Waals surface area (Å²) in [5, 5.41) is 7.08. The molecule has 0 radical (unpaired) electrons. The van der Waals surface area contributed by atoms with Gasteiger partial charge in [-0.1, -0.05) is 42.5 Å². The minimum Gasteiger partial charge on any atom is -0.354 e. The van der Waals surface area contributed by atoms with Gasteiger partial charge in [0.1, 0.15) is 12.4 Å². The van der Waals surface area contributed by atoms with Gasteiger partial charge in [0.2, 0.25) is 5.91 Å². The zero-order valence-corrected chi connectivity index (χ0v) is 15.3. The maximum absolute atomic E-state index is 14.2. The van der Waals surface area contributed by atoms with Crippen molar-refractivity contribution in [1.29, 1.82) is 0 Å². The molecule has 3 aromatic rings. The standard InChI is InChI=1S/C21H21FN4O2/c22-18-9-5-4-8-17(18)20-24-25(21(28)26(20)16-10-11-16)14-19(27)23-13-12-15-6-2-1-3-7-15/h1-9,16H,10-14H2,(H,23,27). The molecule has 4 rings (SSSR count). The van der Waals surface area contributed by atoms with Crippen LogP contribution in [0.2, 0.25) is 0 Å². The lowest BCUT2D eigenvalue weighted by Gasteiger charge is -2.05. The Balaban J connectivity index is 1.49. The number of hydrogen-bond donors (Lipinski definition) is 1. The van der Waals surface area contributed by atoms with Gasteiger partial charge in [-0.15, -0.1) is 5.10 Å². The average Bonchev–Trinajstić information content (AvgIpc) is 3.48. The van der Waals surface area contributed by atoms with Crippen molar-refractivity contribution in [3.63, 3.8) is 0 Å². The van der Waals surface area contributed by atoms with Crippen LogP contribution in [0.15, 0.2) is 59.4 Å². The molecule has 2 aromatic carbocycles. The third-order valence-corrected chi connectivity index (χ3v) is 4.77. The molecular weight excluding hydrogens is 359 g/mol. The quantitative estimate of drug-likeness (QED) is 0.685. The molecule has 1 N–H and O–H groups in total. The van der Waals surface area contributed by atoms with E-state index in [4.69, 9.17) is 0 Å². The fourth-order valence-corrected chi connectivity index (χ4v) is 3.19. The summed E-state index contributed by atoms with van der Waals surface area (Å²) < 4.78 is 16.9. The predicted molar refractivity (Wildman–Crippen MR) is 103 cm³/mol. The van der Waals surface area contributed by atoms with Gasteiger partial charge in [0.25, 0.3) is 0 Å². The molecule has 0 bridgehead atoms. The van der Waals surface area contributed by atoms with E-state index in [2.05, 4.69) is 10.4 Å². The molecule has 6 nitrogen and oxygen atoms in total. The maximum atomic E-state index is 14.2. The summed E-state index contributed by atoms with van der Waals surface area (Å²) in [4.78, 5) is 25.0. The Morgan fingerprint density at radius 1 is 1.11 bits per heavy atom. The molecule has 1 aromatic heterocycles. The topological polar surface area (TPSA) is 68.9 Å². The van der Waals surface area contributed by atoms with E-state index in [0.29, 0.717) is 13.0 Å². The second-order valence-corrected chi connectivity index (χ2v) is 6.93. The minimum atomic E-state index is -0.436. The number of nitrogens with zero attached hydrogens (tertiary/aromatic N) is 3. The van der Waals surface area contributed by atoms with Crippen LogP contribution in [-0.2, 0) is 17.8 Å². The number of hydrogen-bond acceptors (Lipinski definition) is 3. The van der Waals surface area contributed by atoms with Gasteiger partial charge in [-0.05, 0) is 37.0 Å². The molecule has 1 saturated carbocycles. The van der Waals surface area contributed by atoms with Crippen molar-refractivity contribution in [1.82, 2.24) is 19.7 Å². The second kappa shape index (κ2) is 7.80. The first-order valence-electron chi connectivity index (χ1n) is 9.38. The lowest BCUT2D eigenvalue weighted by Crippen LogP contribution is -2.34.